The molecule has 0 aliphatic carbocycles. The smallest absolute Gasteiger partial charge is 0.179 e. The lowest BCUT2D eigenvalue weighted by atomic mass is 9.81. The standard InChI is InChI=1S/C25H30N4O3/c1-30-20-2-3-22-21(14-20)23(4-7-27-22)29-8-5-17(6-9-29)18(15-26)12-19-13-24-25(16-28-19)32-11-10-31-24/h2-4,7,13-14,16-18H,5-6,8-12,15,26H2,1H3. The number of piperidine rings is 1. The first kappa shape index (κ1) is 20.8. The molecular formula is C25H30N4O3. The molecule has 0 radical (unpaired) electrons. The van der Waals surface area contributed by atoms with Gasteiger partial charge in [-0.25, -0.2) is 0 Å². The van der Waals surface area contributed by atoms with Crippen molar-refractivity contribution in [3.63, 3.8) is 0 Å². The van der Waals surface area contributed by atoms with Gasteiger partial charge in [0.05, 0.1) is 18.8 Å². The predicted molar refractivity (Wildman–Crippen MR) is 125 cm³/mol. The van der Waals surface area contributed by atoms with Crippen LogP contribution in [0.4, 0.5) is 5.69 Å². The third kappa shape index (κ3) is 4.17. The summed E-state index contributed by atoms with van der Waals surface area (Å²) in [5, 5.41) is 1.14. The van der Waals surface area contributed by atoms with E-state index in [1.54, 1.807) is 13.3 Å². The molecule has 1 unspecified atom stereocenters. The summed E-state index contributed by atoms with van der Waals surface area (Å²) >= 11 is 0. The van der Waals surface area contributed by atoms with E-state index >= 15 is 0 Å². The van der Waals surface area contributed by atoms with E-state index in [1.807, 2.05) is 24.4 Å². The molecule has 4 heterocycles. The Hall–Kier alpha value is -3.06. The van der Waals surface area contributed by atoms with Gasteiger partial charge < -0.3 is 24.8 Å². The van der Waals surface area contributed by atoms with Crippen molar-refractivity contribution in [2.45, 2.75) is 19.3 Å². The predicted octanol–water partition coefficient (Wildman–Crippen LogP) is 3.44. The van der Waals surface area contributed by atoms with Gasteiger partial charge in [-0.3, -0.25) is 9.97 Å². The highest BCUT2D eigenvalue weighted by atomic mass is 16.6. The quantitative estimate of drug-likeness (QED) is 0.636. The van der Waals surface area contributed by atoms with Gasteiger partial charge in [0.2, 0.25) is 0 Å². The van der Waals surface area contributed by atoms with Crippen LogP contribution < -0.4 is 24.8 Å². The van der Waals surface area contributed by atoms with Gasteiger partial charge in [0.15, 0.2) is 11.5 Å². The fourth-order valence-corrected chi connectivity index (χ4v) is 4.94. The van der Waals surface area contributed by atoms with Crippen molar-refractivity contribution in [2.24, 2.45) is 17.6 Å². The van der Waals surface area contributed by atoms with E-state index in [-0.39, 0.29) is 0 Å². The lowest BCUT2D eigenvalue weighted by Crippen LogP contribution is -2.38. The first-order valence-corrected chi connectivity index (χ1v) is 11.4. The minimum Gasteiger partial charge on any atom is -0.497 e. The van der Waals surface area contributed by atoms with Crippen LogP contribution in [0.3, 0.4) is 0 Å². The summed E-state index contributed by atoms with van der Waals surface area (Å²) in [6.07, 6.45) is 6.77. The maximum atomic E-state index is 6.22. The lowest BCUT2D eigenvalue weighted by Gasteiger charge is -2.37. The molecule has 0 saturated carbocycles. The number of pyridine rings is 2. The van der Waals surface area contributed by atoms with E-state index < -0.39 is 0 Å². The molecular weight excluding hydrogens is 404 g/mol. The average molecular weight is 435 g/mol. The number of methoxy groups -OCH3 is 1. The molecule has 1 aromatic carbocycles. The molecule has 2 N–H and O–H groups in total. The van der Waals surface area contributed by atoms with Crippen LogP contribution in [0.15, 0.2) is 42.7 Å². The topological polar surface area (TPSA) is 82.7 Å². The Morgan fingerprint density at radius 1 is 1.09 bits per heavy atom. The number of aromatic nitrogens is 2. The minimum atomic E-state index is 0.404. The molecule has 7 nitrogen and oxygen atoms in total. The number of rotatable bonds is 6. The maximum absolute atomic E-state index is 6.22. The van der Waals surface area contributed by atoms with Crippen molar-refractivity contribution in [1.29, 1.82) is 0 Å². The Morgan fingerprint density at radius 2 is 1.91 bits per heavy atom. The summed E-state index contributed by atoms with van der Waals surface area (Å²) in [5.41, 5.74) is 9.47. The lowest BCUT2D eigenvalue weighted by molar-refractivity contribution is 0.170. The Labute approximate surface area is 188 Å². The fourth-order valence-electron chi connectivity index (χ4n) is 4.94. The van der Waals surface area contributed by atoms with Gasteiger partial charge in [-0.2, -0.15) is 0 Å². The molecule has 7 heteroatoms. The van der Waals surface area contributed by atoms with Crippen molar-refractivity contribution >= 4 is 16.6 Å². The molecule has 168 valence electrons. The number of nitrogens with two attached hydrogens (primary N) is 1. The van der Waals surface area contributed by atoms with Gasteiger partial charge in [-0.1, -0.05) is 0 Å². The van der Waals surface area contributed by atoms with Crippen molar-refractivity contribution in [3.8, 4) is 17.2 Å². The van der Waals surface area contributed by atoms with E-state index in [0.29, 0.717) is 31.6 Å². The van der Waals surface area contributed by atoms with Crippen molar-refractivity contribution < 1.29 is 14.2 Å². The molecule has 2 aromatic heterocycles. The third-order valence-electron chi connectivity index (χ3n) is 6.73. The van der Waals surface area contributed by atoms with Gasteiger partial charge in [0, 0.05) is 42.1 Å². The highest BCUT2D eigenvalue weighted by Gasteiger charge is 2.27. The van der Waals surface area contributed by atoms with Crippen LogP contribution in [0, 0.1) is 11.8 Å². The van der Waals surface area contributed by atoms with Crippen molar-refractivity contribution in [3.05, 3.63) is 48.4 Å². The van der Waals surface area contributed by atoms with E-state index in [2.05, 4.69) is 27.0 Å². The number of anilines is 1. The van der Waals surface area contributed by atoms with Crippen LogP contribution in [0.25, 0.3) is 10.9 Å². The maximum Gasteiger partial charge on any atom is 0.179 e. The van der Waals surface area contributed by atoms with Crippen LogP contribution >= 0.6 is 0 Å². The minimum absolute atomic E-state index is 0.404. The zero-order valence-electron chi connectivity index (χ0n) is 18.5. The fraction of sp³-hybridized carbons (Fsp3) is 0.440. The zero-order chi connectivity index (χ0) is 21.9. The third-order valence-corrected chi connectivity index (χ3v) is 6.73. The van der Waals surface area contributed by atoms with E-state index in [1.165, 1.54) is 5.69 Å². The molecule has 32 heavy (non-hydrogen) atoms. The Bertz CT molecular complexity index is 1080. The Morgan fingerprint density at radius 3 is 2.69 bits per heavy atom. The number of hydrogen-bond donors (Lipinski definition) is 1. The second-order valence-corrected chi connectivity index (χ2v) is 8.56. The number of fused-ring (bicyclic) bond motifs is 2. The molecule has 1 atom stereocenters. The van der Waals surface area contributed by atoms with E-state index in [4.69, 9.17) is 19.9 Å². The summed E-state index contributed by atoms with van der Waals surface area (Å²) in [7, 11) is 1.70. The zero-order valence-corrected chi connectivity index (χ0v) is 18.5. The van der Waals surface area contributed by atoms with E-state index in [0.717, 1.165) is 66.2 Å². The number of nitrogens with zero attached hydrogens (tertiary/aromatic N) is 3. The van der Waals surface area contributed by atoms with Crippen LogP contribution in [-0.2, 0) is 6.42 Å². The molecule has 2 aliphatic rings. The van der Waals surface area contributed by atoms with Crippen LogP contribution in [0.2, 0.25) is 0 Å². The van der Waals surface area contributed by atoms with Crippen LogP contribution in [0.5, 0.6) is 17.2 Å². The molecule has 5 rings (SSSR count). The Balaban J connectivity index is 1.27. The van der Waals surface area contributed by atoms with Gasteiger partial charge >= 0.3 is 0 Å². The summed E-state index contributed by atoms with van der Waals surface area (Å²) in [4.78, 5) is 11.6. The normalized spacial score (nSPS) is 17.4. The number of ether oxygens (including phenoxy) is 3. The van der Waals surface area contributed by atoms with Gasteiger partial charge in [-0.15, -0.1) is 0 Å². The number of hydrogen-bond acceptors (Lipinski definition) is 7. The highest BCUT2D eigenvalue weighted by Crippen LogP contribution is 2.35. The first-order chi connectivity index (χ1) is 15.7. The second kappa shape index (κ2) is 9.20. The molecule has 2 aliphatic heterocycles. The van der Waals surface area contributed by atoms with Gasteiger partial charge in [0.25, 0.3) is 0 Å². The van der Waals surface area contributed by atoms with Gasteiger partial charge in [0.1, 0.15) is 19.0 Å². The number of benzene rings is 1. The largest absolute Gasteiger partial charge is 0.497 e. The Kier molecular flexibility index (Phi) is 5.99. The molecule has 0 amide bonds. The summed E-state index contributed by atoms with van der Waals surface area (Å²) in [5.74, 6) is 3.37. The van der Waals surface area contributed by atoms with Crippen molar-refractivity contribution in [2.75, 3.05) is 44.9 Å². The second-order valence-electron chi connectivity index (χ2n) is 8.56. The molecule has 0 bridgehead atoms. The SMILES string of the molecule is COc1ccc2nccc(N3CCC(C(CN)Cc4cc5c(cn4)OCCO5)CC3)c2c1. The van der Waals surface area contributed by atoms with Crippen LogP contribution in [-0.4, -0.2) is 49.9 Å². The first-order valence-electron chi connectivity index (χ1n) is 11.4. The summed E-state index contributed by atoms with van der Waals surface area (Å²) in [6, 6.07) is 10.2. The van der Waals surface area contributed by atoms with E-state index in [9.17, 15) is 0 Å². The highest BCUT2D eigenvalue weighted by molar-refractivity contribution is 5.92. The molecule has 1 saturated heterocycles. The van der Waals surface area contributed by atoms with Crippen LogP contribution in [0.1, 0.15) is 18.5 Å². The molecule has 3 aromatic rings. The molecule has 0 spiro atoms. The monoisotopic (exact) mass is 434 g/mol. The average Bonchev–Trinajstić information content (AvgIpc) is 2.86. The van der Waals surface area contributed by atoms with Crippen molar-refractivity contribution in [1.82, 2.24) is 9.97 Å². The van der Waals surface area contributed by atoms with Gasteiger partial charge in [-0.05, 0) is 61.9 Å². The summed E-state index contributed by atoms with van der Waals surface area (Å²) in [6.45, 7) is 3.84. The summed E-state index contributed by atoms with van der Waals surface area (Å²) < 4.78 is 16.8. The molecule has 1 fully saturated rings.